The van der Waals surface area contributed by atoms with Crippen LogP contribution in [0.1, 0.15) is 66.7 Å². The van der Waals surface area contributed by atoms with E-state index < -0.39 is 0 Å². The lowest BCUT2D eigenvalue weighted by atomic mass is 10.3. The van der Waals surface area contributed by atoms with Gasteiger partial charge in [0.25, 0.3) is 0 Å². The molecule has 0 aromatic carbocycles. The summed E-state index contributed by atoms with van der Waals surface area (Å²) in [5.74, 6) is 0.770. The van der Waals surface area contributed by atoms with Crippen LogP contribution < -0.4 is 0 Å². The maximum atomic E-state index is 2.79. The van der Waals surface area contributed by atoms with Crippen molar-refractivity contribution in [3.8, 4) is 0 Å². The van der Waals surface area contributed by atoms with Crippen LogP contribution in [0.5, 0.6) is 0 Å². The normalized spacial score (nSPS) is 13.0. The average molecular weight is 313 g/mol. The molecule has 0 amide bonds. The second-order valence-corrected chi connectivity index (χ2v) is 7.89. The third-order valence-electron chi connectivity index (χ3n) is 3.88. The third kappa shape index (κ3) is 9.49. The molecule has 0 aromatic rings. The summed E-state index contributed by atoms with van der Waals surface area (Å²) in [6, 6.07) is 1.35. The highest BCUT2D eigenvalue weighted by Gasteiger charge is 2.22. The smallest absolute Gasteiger partial charge is 0.0629 e. The van der Waals surface area contributed by atoms with Crippen LogP contribution in [-0.2, 0) is 0 Å². The van der Waals surface area contributed by atoms with Crippen molar-refractivity contribution in [3.05, 3.63) is 12.2 Å². The van der Waals surface area contributed by atoms with E-state index >= 15 is 0 Å². The molecule has 0 bridgehead atoms. The molecule has 0 unspecified atom stereocenters. The molecule has 0 spiro atoms. The highest BCUT2D eigenvalue weighted by Crippen LogP contribution is 2.11. The topological polar surface area (TPSA) is 6.48 Å². The Kier molecular flexibility index (Phi) is 14.7. The zero-order valence-electron chi connectivity index (χ0n) is 15.4. The zero-order chi connectivity index (χ0) is 15.9. The first kappa shape index (κ1) is 20.9. The Balaban J connectivity index is 4.85. The maximum Gasteiger partial charge on any atom is 0.0629 e. The van der Waals surface area contributed by atoms with E-state index in [9.17, 15) is 0 Å². The van der Waals surface area contributed by atoms with Crippen LogP contribution in [0.25, 0.3) is 0 Å². The van der Waals surface area contributed by atoms with Crippen molar-refractivity contribution in [1.29, 1.82) is 0 Å². The quantitative estimate of drug-likeness (QED) is 0.271. The summed E-state index contributed by atoms with van der Waals surface area (Å²) in [6.07, 6.45) is 11.1. The second-order valence-electron chi connectivity index (χ2n) is 6.01. The molecule has 2 nitrogen and oxygen atoms in total. The van der Waals surface area contributed by atoms with Crippen molar-refractivity contribution in [3.63, 3.8) is 0 Å². The van der Waals surface area contributed by atoms with Crippen LogP contribution in [0.2, 0.25) is 6.04 Å². The number of nitrogens with zero attached hydrogens (tertiary/aromatic N) is 2. The third-order valence-corrected chi connectivity index (χ3v) is 6.10. The van der Waals surface area contributed by atoms with Gasteiger partial charge < -0.3 is 0 Å². The SMILES string of the molecule is CCC=CC[SiH2]C(N(CCC)CCC)N(CCC)CCC. The Morgan fingerprint density at radius 2 is 1.14 bits per heavy atom. The summed E-state index contributed by atoms with van der Waals surface area (Å²) in [4.78, 5) is 5.58. The van der Waals surface area contributed by atoms with E-state index in [4.69, 9.17) is 0 Å². The van der Waals surface area contributed by atoms with Gasteiger partial charge in [-0.2, -0.15) is 0 Å². The molecule has 0 aliphatic rings. The standard InChI is InChI=1S/C18H40N2Si/c1-6-11-12-17-21-18(19(13-7-2)14-8-3)20(15-9-4)16-10-5/h11-12,18H,6-10,13-17,21H2,1-5H3. The molecule has 0 fully saturated rings. The summed E-state index contributed by atoms with van der Waals surface area (Å²) >= 11 is 0. The van der Waals surface area contributed by atoms with Crippen molar-refractivity contribution in [2.24, 2.45) is 0 Å². The lowest BCUT2D eigenvalue weighted by Gasteiger charge is -2.40. The van der Waals surface area contributed by atoms with Crippen molar-refractivity contribution >= 4 is 9.52 Å². The van der Waals surface area contributed by atoms with Gasteiger partial charge in [0.15, 0.2) is 0 Å². The monoisotopic (exact) mass is 312 g/mol. The molecule has 0 heterocycles. The van der Waals surface area contributed by atoms with Crippen LogP contribution in [0.4, 0.5) is 0 Å². The maximum absolute atomic E-state index is 2.79. The minimum absolute atomic E-state index is 0.106. The first-order valence-corrected chi connectivity index (χ1v) is 11.2. The molecule has 0 aliphatic carbocycles. The number of hydrogen-bond donors (Lipinski definition) is 0. The minimum atomic E-state index is -0.106. The lowest BCUT2D eigenvalue weighted by Crippen LogP contribution is -2.53. The first-order valence-electron chi connectivity index (χ1n) is 9.37. The largest absolute Gasteiger partial charge is 0.291 e. The molecule has 0 N–H and O–H groups in total. The number of rotatable bonds is 14. The van der Waals surface area contributed by atoms with Gasteiger partial charge >= 0.3 is 0 Å². The van der Waals surface area contributed by atoms with Crippen molar-refractivity contribution in [2.45, 2.75) is 78.6 Å². The van der Waals surface area contributed by atoms with Gasteiger partial charge in [0, 0.05) is 5.79 Å². The van der Waals surface area contributed by atoms with E-state index in [1.807, 2.05) is 0 Å². The Bertz CT molecular complexity index is 215. The van der Waals surface area contributed by atoms with Crippen LogP contribution >= 0.6 is 0 Å². The predicted octanol–water partition coefficient (Wildman–Crippen LogP) is 4.07. The van der Waals surface area contributed by atoms with Gasteiger partial charge in [-0.25, -0.2) is 0 Å². The van der Waals surface area contributed by atoms with Crippen LogP contribution in [0.15, 0.2) is 12.2 Å². The van der Waals surface area contributed by atoms with Crippen LogP contribution in [0, 0.1) is 0 Å². The number of hydrogen-bond acceptors (Lipinski definition) is 2. The summed E-state index contributed by atoms with van der Waals surface area (Å²) in [5, 5.41) is 0. The molecule has 0 saturated heterocycles. The van der Waals surface area contributed by atoms with Gasteiger partial charge in [-0.05, 0) is 64.3 Å². The lowest BCUT2D eigenvalue weighted by molar-refractivity contribution is 0.0953. The second kappa shape index (κ2) is 14.8. The van der Waals surface area contributed by atoms with Crippen LogP contribution in [0.3, 0.4) is 0 Å². The molecule has 3 heteroatoms. The predicted molar refractivity (Wildman–Crippen MR) is 101 cm³/mol. The van der Waals surface area contributed by atoms with E-state index in [-0.39, 0.29) is 9.52 Å². The van der Waals surface area contributed by atoms with Crippen LogP contribution in [-0.4, -0.2) is 51.3 Å². The highest BCUT2D eigenvalue weighted by molar-refractivity contribution is 6.38. The Labute approximate surface area is 136 Å². The Morgan fingerprint density at radius 3 is 1.48 bits per heavy atom. The average Bonchev–Trinajstić information content (AvgIpc) is 2.47. The van der Waals surface area contributed by atoms with Crippen molar-refractivity contribution in [1.82, 2.24) is 9.80 Å². The number of allylic oxidation sites excluding steroid dienone is 2. The summed E-state index contributed by atoms with van der Waals surface area (Å²) < 4.78 is 0. The Morgan fingerprint density at radius 1 is 0.714 bits per heavy atom. The van der Waals surface area contributed by atoms with Gasteiger partial charge in [-0.3, -0.25) is 9.80 Å². The van der Waals surface area contributed by atoms with Crippen molar-refractivity contribution < 1.29 is 0 Å². The fourth-order valence-electron chi connectivity index (χ4n) is 3.09. The first-order chi connectivity index (χ1) is 10.2. The van der Waals surface area contributed by atoms with E-state index in [1.165, 1.54) is 64.3 Å². The molecule has 0 aromatic heterocycles. The van der Waals surface area contributed by atoms with E-state index in [2.05, 4.69) is 56.6 Å². The van der Waals surface area contributed by atoms with Gasteiger partial charge in [-0.1, -0.05) is 46.8 Å². The van der Waals surface area contributed by atoms with E-state index in [0.29, 0.717) is 0 Å². The van der Waals surface area contributed by atoms with Crippen molar-refractivity contribution in [2.75, 3.05) is 26.2 Å². The minimum Gasteiger partial charge on any atom is -0.291 e. The molecular weight excluding hydrogens is 272 g/mol. The molecule has 0 atom stereocenters. The molecule has 0 rings (SSSR count). The fraction of sp³-hybridized carbons (Fsp3) is 0.889. The molecular formula is C18H40N2Si. The summed E-state index contributed by atoms with van der Waals surface area (Å²) in [5.41, 5.74) is 0. The highest BCUT2D eigenvalue weighted by atomic mass is 28.2. The van der Waals surface area contributed by atoms with Gasteiger partial charge in [0.2, 0.25) is 0 Å². The Hall–Kier alpha value is -0.123. The molecule has 0 saturated carbocycles. The fourth-order valence-corrected chi connectivity index (χ4v) is 5.28. The van der Waals surface area contributed by atoms with E-state index in [0.717, 1.165) is 5.79 Å². The molecule has 0 aliphatic heterocycles. The molecule has 21 heavy (non-hydrogen) atoms. The van der Waals surface area contributed by atoms with Gasteiger partial charge in [0.1, 0.15) is 0 Å². The van der Waals surface area contributed by atoms with Gasteiger partial charge in [-0.15, -0.1) is 0 Å². The molecule has 0 radical (unpaired) electrons. The summed E-state index contributed by atoms with van der Waals surface area (Å²) in [6.45, 7) is 16.6. The van der Waals surface area contributed by atoms with Gasteiger partial charge in [0.05, 0.1) is 9.52 Å². The van der Waals surface area contributed by atoms with E-state index in [1.54, 1.807) is 0 Å². The summed E-state index contributed by atoms with van der Waals surface area (Å²) in [7, 11) is -0.106. The zero-order valence-corrected chi connectivity index (χ0v) is 16.8. The molecule has 126 valence electrons.